The van der Waals surface area contributed by atoms with Crippen LogP contribution in [0.4, 0.5) is 11.4 Å². The molecule has 4 aromatic carbocycles. The SMILES string of the molecule is O=C1c2cccc(O)c2C(=O)c2c(NC3CCCCC3COS(=O)(=O)c3ccccc3)ccc(NC3CCCCC3COS(=O)(=O)c3ccccc3)c21. The van der Waals surface area contributed by atoms with Crippen molar-refractivity contribution < 1.29 is 39.9 Å². The Morgan fingerprint density at radius 2 is 1.00 bits per heavy atom. The summed E-state index contributed by atoms with van der Waals surface area (Å²) in [6.45, 7) is -0.107. The van der Waals surface area contributed by atoms with Crippen LogP contribution in [0.1, 0.15) is 83.2 Å². The lowest BCUT2D eigenvalue weighted by Crippen LogP contribution is -2.38. The van der Waals surface area contributed by atoms with Crippen molar-refractivity contribution >= 4 is 43.2 Å². The van der Waals surface area contributed by atoms with E-state index in [1.54, 1.807) is 48.5 Å². The molecule has 2 saturated carbocycles. The Morgan fingerprint density at radius 1 is 0.547 bits per heavy atom. The van der Waals surface area contributed by atoms with Crippen LogP contribution in [0, 0.1) is 11.8 Å². The highest BCUT2D eigenvalue weighted by Gasteiger charge is 2.38. The number of anilines is 2. The Bertz CT molecular complexity index is 2210. The van der Waals surface area contributed by atoms with Gasteiger partial charge in [-0.05, 0) is 68.1 Å². The zero-order valence-electron chi connectivity index (χ0n) is 29.1. The van der Waals surface area contributed by atoms with Gasteiger partial charge in [-0.1, -0.05) is 74.2 Å². The van der Waals surface area contributed by atoms with Crippen LogP contribution in [0.2, 0.25) is 0 Å². The first-order valence-corrected chi connectivity index (χ1v) is 20.9. The molecule has 4 atom stereocenters. The summed E-state index contributed by atoms with van der Waals surface area (Å²) in [7, 11) is -7.96. The molecule has 0 bridgehead atoms. The molecule has 7 rings (SSSR count). The lowest BCUT2D eigenvalue weighted by atomic mass is 9.80. The molecule has 13 heteroatoms. The zero-order valence-corrected chi connectivity index (χ0v) is 30.7. The number of phenols is 1. The van der Waals surface area contributed by atoms with Gasteiger partial charge < -0.3 is 15.7 Å². The standard InChI is InChI=1S/C40H42N2O9S2/c43-35-21-11-18-30-36(35)40(45)38-34(42-32-20-10-8-13-27(32)25-51-53(48,49)29-16-5-2-6-17-29)23-22-33(37(38)39(30)44)41-31-19-9-7-12-26(31)24-50-52(46,47)28-14-3-1-4-15-28/h1-6,11,14-18,21-23,26-27,31-32,41-43H,7-10,12-13,19-20,24-25H2. The van der Waals surface area contributed by atoms with Gasteiger partial charge in [-0.2, -0.15) is 16.8 Å². The summed E-state index contributed by atoms with van der Waals surface area (Å²) in [6, 6.07) is 23.3. The Morgan fingerprint density at radius 3 is 1.49 bits per heavy atom. The number of ketones is 2. The predicted molar refractivity (Wildman–Crippen MR) is 199 cm³/mol. The van der Waals surface area contributed by atoms with Gasteiger partial charge in [-0.25, -0.2) is 0 Å². The number of carbonyl (C=O) groups excluding carboxylic acids is 2. The summed E-state index contributed by atoms with van der Waals surface area (Å²) >= 11 is 0. The maximum absolute atomic E-state index is 14.3. The topological polar surface area (TPSA) is 165 Å². The van der Waals surface area contributed by atoms with E-state index in [2.05, 4.69) is 10.6 Å². The molecule has 278 valence electrons. The number of carbonyl (C=O) groups is 2. The number of nitrogens with one attached hydrogen (secondary N) is 2. The lowest BCUT2D eigenvalue weighted by Gasteiger charge is -2.35. The monoisotopic (exact) mass is 758 g/mol. The van der Waals surface area contributed by atoms with Crippen LogP contribution in [0.3, 0.4) is 0 Å². The number of phenolic OH excluding ortho intramolecular Hbond substituents is 1. The van der Waals surface area contributed by atoms with Gasteiger partial charge in [0, 0.05) is 40.9 Å². The maximum Gasteiger partial charge on any atom is 0.296 e. The molecule has 0 aromatic heterocycles. The van der Waals surface area contributed by atoms with Gasteiger partial charge in [0.2, 0.25) is 0 Å². The average Bonchev–Trinajstić information content (AvgIpc) is 3.17. The summed E-state index contributed by atoms with van der Waals surface area (Å²) in [6.07, 6.45) is 6.33. The van der Waals surface area contributed by atoms with E-state index in [1.807, 2.05) is 0 Å². The Hall–Kier alpha value is -4.56. The van der Waals surface area contributed by atoms with E-state index in [1.165, 1.54) is 42.5 Å². The molecule has 0 heterocycles. The van der Waals surface area contributed by atoms with Crippen LogP contribution in [-0.2, 0) is 28.6 Å². The van der Waals surface area contributed by atoms with Crippen LogP contribution in [0.5, 0.6) is 5.75 Å². The highest BCUT2D eigenvalue weighted by atomic mass is 32.2. The highest BCUT2D eigenvalue weighted by Crippen LogP contribution is 2.42. The quantitative estimate of drug-likeness (QED) is 0.113. The van der Waals surface area contributed by atoms with Gasteiger partial charge in [-0.15, -0.1) is 0 Å². The largest absolute Gasteiger partial charge is 0.507 e. The number of fused-ring (bicyclic) bond motifs is 2. The molecule has 4 aromatic rings. The van der Waals surface area contributed by atoms with Gasteiger partial charge in [0.25, 0.3) is 20.2 Å². The van der Waals surface area contributed by atoms with E-state index in [9.17, 15) is 31.5 Å². The Balaban J connectivity index is 1.18. The van der Waals surface area contributed by atoms with Crippen molar-refractivity contribution in [1.29, 1.82) is 0 Å². The van der Waals surface area contributed by atoms with Crippen molar-refractivity contribution in [1.82, 2.24) is 0 Å². The minimum absolute atomic E-state index is 0.0502. The molecule has 0 aliphatic heterocycles. The van der Waals surface area contributed by atoms with E-state index in [4.69, 9.17) is 8.37 Å². The molecule has 0 amide bonds. The maximum atomic E-state index is 14.3. The minimum Gasteiger partial charge on any atom is -0.507 e. The number of hydrogen-bond acceptors (Lipinski definition) is 11. The molecule has 0 radical (unpaired) electrons. The molecule has 0 saturated heterocycles. The lowest BCUT2D eigenvalue weighted by molar-refractivity contribution is 0.0977. The third kappa shape index (κ3) is 7.75. The molecule has 2 fully saturated rings. The minimum atomic E-state index is -3.98. The number of benzene rings is 4. The molecule has 11 nitrogen and oxygen atoms in total. The van der Waals surface area contributed by atoms with E-state index >= 15 is 0 Å². The van der Waals surface area contributed by atoms with Crippen LogP contribution < -0.4 is 10.6 Å². The molecule has 53 heavy (non-hydrogen) atoms. The van der Waals surface area contributed by atoms with Gasteiger partial charge in [0.1, 0.15) is 5.75 Å². The van der Waals surface area contributed by atoms with E-state index < -0.39 is 31.8 Å². The van der Waals surface area contributed by atoms with Crippen LogP contribution in [-0.4, -0.2) is 58.8 Å². The number of aromatic hydroxyl groups is 1. The number of hydrogen-bond donors (Lipinski definition) is 3. The molecular formula is C40H42N2O9S2. The number of rotatable bonds is 12. The first-order chi connectivity index (χ1) is 25.5. The second-order valence-electron chi connectivity index (χ2n) is 14.0. The fourth-order valence-corrected chi connectivity index (χ4v) is 9.76. The van der Waals surface area contributed by atoms with Crippen LogP contribution in [0.15, 0.2) is 101 Å². The second-order valence-corrected chi connectivity index (χ2v) is 17.2. The molecule has 3 aliphatic rings. The summed E-state index contributed by atoms with van der Waals surface area (Å²) < 4.78 is 62.9. The van der Waals surface area contributed by atoms with Gasteiger partial charge in [-0.3, -0.25) is 18.0 Å². The third-order valence-electron chi connectivity index (χ3n) is 10.6. The molecule has 3 N–H and O–H groups in total. The first-order valence-electron chi connectivity index (χ1n) is 18.0. The molecule has 0 spiro atoms. The molecular weight excluding hydrogens is 717 g/mol. The summed E-state index contributed by atoms with van der Waals surface area (Å²) in [5, 5.41) is 17.8. The van der Waals surface area contributed by atoms with E-state index in [-0.39, 0.29) is 74.9 Å². The van der Waals surface area contributed by atoms with Gasteiger partial charge >= 0.3 is 0 Å². The van der Waals surface area contributed by atoms with Gasteiger partial charge in [0.15, 0.2) is 11.6 Å². The molecule has 3 aliphatic carbocycles. The van der Waals surface area contributed by atoms with Crippen molar-refractivity contribution in [2.24, 2.45) is 11.8 Å². The normalized spacial score (nSPS) is 21.7. The van der Waals surface area contributed by atoms with E-state index in [0.29, 0.717) is 37.1 Å². The van der Waals surface area contributed by atoms with Gasteiger partial charge in [0.05, 0.1) is 39.7 Å². The van der Waals surface area contributed by atoms with Crippen molar-refractivity contribution in [2.45, 2.75) is 73.2 Å². The average molecular weight is 759 g/mol. The van der Waals surface area contributed by atoms with Crippen molar-refractivity contribution in [3.8, 4) is 5.75 Å². The summed E-state index contributed by atoms with van der Waals surface area (Å²) in [5.41, 5.74) is 1.13. The van der Waals surface area contributed by atoms with E-state index in [0.717, 1.165) is 25.7 Å². The fourth-order valence-electron chi connectivity index (χ4n) is 7.80. The van der Waals surface area contributed by atoms with Crippen LogP contribution in [0.25, 0.3) is 0 Å². The third-order valence-corrected chi connectivity index (χ3v) is 13.2. The Labute approximate surface area is 310 Å². The zero-order chi connectivity index (χ0) is 37.2. The highest BCUT2D eigenvalue weighted by molar-refractivity contribution is 7.87. The second kappa shape index (κ2) is 15.4. The fraction of sp³-hybridized carbons (Fsp3) is 0.350. The summed E-state index contributed by atoms with van der Waals surface area (Å²) in [4.78, 5) is 28.8. The summed E-state index contributed by atoms with van der Waals surface area (Å²) in [5.74, 6) is -1.64. The smallest absolute Gasteiger partial charge is 0.296 e. The van der Waals surface area contributed by atoms with Crippen molar-refractivity contribution in [3.05, 3.63) is 113 Å². The first kappa shape index (κ1) is 36.8. The predicted octanol–water partition coefficient (Wildman–Crippen LogP) is 6.92. The molecule has 4 unspecified atom stereocenters. The Kier molecular flexibility index (Phi) is 10.7. The van der Waals surface area contributed by atoms with Crippen molar-refractivity contribution in [3.63, 3.8) is 0 Å². The van der Waals surface area contributed by atoms with Crippen molar-refractivity contribution in [2.75, 3.05) is 23.8 Å². The van der Waals surface area contributed by atoms with Crippen LogP contribution >= 0.6 is 0 Å².